The van der Waals surface area contributed by atoms with Crippen LogP contribution >= 0.6 is 0 Å². The summed E-state index contributed by atoms with van der Waals surface area (Å²) in [5.74, 6) is 0.924. The van der Waals surface area contributed by atoms with E-state index in [9.17, 15) is 4.79 Å². The van der Waals surface area contributed by atoms with E-state index >= 15 is 0 Å². The van der Waals surface area contributed by atoms with Crippen LogP contribution in [0.3, 0.4) is 0 Å². The highest BCUT2D eigenvalue weighted by molar-refractivity contribution is 5.57. The molecule has 2 fully saturated rings. The molecular formula is C20H25N3O2. The van der Waals surface area contributed by atoms with Crippen LogP contribution in [0.2, 0.25) is 0 Å². The molecule has 0 spiro atoms. The molecule has 0 saturated carbocycles. The average Bonchev–Trinajstić information content (AvgIpc) is 3.12. The topological polar surface area (TPSA) is 48.6 Å². The lowest BCUT2D eigenvalue weighted by molar-refractivity contribution is 0.0989. The van der Waals surface area contributed by atoms with Gasteiger partial charge in [0.25, 0.3) is 5.56 Å². The van der Waals surface area contributed by atoms with Gasteiger partial charge >= 0.3 is 0 Å². The Morgan fingerprint density at radius 1 is 1.12 bits per heavy atom. The van der Waals surface area contributed by atoms with E-state index in [0.29, 0.717) is 19.3 Å². The summed E-state index contributed by atoms with van der Waals surface area (Å²) in [5.41, 5.74) is 2.27. The minimum atomic E-state index is -0.0371. The van der Waals surface area contributed by atoms with E-state index in [4.69, 9.17) is 4.74 Å². The Labute approximate surface area is 148 Å². The van der Waals surface area contributed by atoms with Gasteiger partial charge in [-0.1, -0.05) is 30.3 Å². The molecule has 4 rings (SSSR count). The second kappa shape index (κ2) is 6.92. The number of H-pyrrole nitrogens is 1. The molecule has 0 amide bonds. The fraction of sp³-hybridized carbons (Fsp3) is 0.450. The van der Waals surface area contributed by atoms with Crippen molar-refractivity contribution < 1.29 is 4.74 Å². The average molecular weight is 339 g/mol. The number of nitrogens with one attached hydrogen (secondary N) is 1. The van der Waals surface area contributed by atoms with Gasteiger partial charge in [0.2, 0.25) is 0 Å². The Bertz CT molecular complexity index is 774. The zero-order chi connectivity index (χ0) is 17.2. The number of nitrogens with zero attached hydrogens (tertiary/aromatic N) is 2. The number of pyridine rings is 1. The van der Waals surface area contributed by atoms with Crippen LogP contribution in [0, 0.1) is 0 Å². The van der Waals surface area contributed by atoms with Gasteiger partial charge in [-0.3, -0.25) is 4.79 Å². The van der Waals surface area contributed by atoms with E-state index in [1.54, 1.807) is 6.07 Å². The molecule has 2 aliphatic rings. The van der Waals surface area contributed by atoms with Crippen LogP contribution in [-0.4, -0.2) is 37.3 Å². The highest BCUT2D eigenvalue weighted by atomic mass is 16.5. The zero-order valence-electron chi connectivity index (χ0n) is 14.6. The summed E-state index contributed by atoms with van der Waals surface area (Å²) in [7, 11) is 0. The van der Waals surface area contributed by atoms with Crippen LogP contribution in [0.15, 0.2) is 47.3 Å². The minimum Gasteiger partial charge on any atom is -0.377 e. The lowest BCUT2D eigenvalue weighted by Gasteiger charge is -2.36. The van der Waals surface area contributed by atoms with Crippen molar-refractivity contribution in [3.63, 3.8) is 0 Å². The summed E-state index contributed by atoms with van der Waals surface area (Å²) in [6.45, 7) is 5.35. The normalized spacial score (nSPS) is 23.9. The summed E-state index contributed by atoms with van der Waals surface area (Å²) < 4.78 is 5.53. The van der Waals surface area contributed by atoms with Crippen molar-refractivity contribution in [2.75, 3.05) is 36.1 Å². The molecule has 2 aromatic rings. The molecule has 1 aromatic heterocycles. The third kappa shape index (κ3) is 3.29. The molecule has 132 valence electrons. The fourth-order valence-corrected chi connectivity index (χ4v) is 4.02. The first-order valence-electron chi connectivity index (χ1n) is 9.13. The molecule has 25 heavy (non-hydrogen) atoms. The first-order valence-corrected chi connectivity index (χ1v) is 9.13. The summed E-state index contributed by atoms with van der Waals surface area (Å²) in [6.07, 6.45) is 2.25. The maximum atomic E-state index is 12.3. The molecular weight excluding hydrogens is 314 g/mol. The van der Waals surface area contributed by atoms with Crippen LogP contribution in [0.4, 0.5) is 11.5 Å². The maximum absolute atomic E-state index is 12.3. The first-order chi connectivity index (χ1) is 12.2. The molecule has 5 nitrogen and oxygen atoms in total. The number of hydrogen-bond acceptors (Lipinski definition) is 4. The molecule has 0 bridgehead atoms. The summed E-state index contributed by atoms with van der Waals surface area (Å²) in [4.78, 5) is 20.0. The van der Waals surface area contributed by atoms with E-state index in [-0.39, 0.29) is 11.6 Å². The number of anilines is 2. The lowest BCUT2D eigenvalue weighted by Crippen LogP contribution is -2.44. The van der Waals surface area contributed by atoms with E-state index in [2.05, 4.69) is 52.0 Å². The van der Waals surface area contributed by atoms with Gasteiger partial charge in [0.15, 0.2) is 0 Å². The number of ether oxygens (including phenoxy) is 1. The summed E-state index contributed by atoms with van der Waals surface area (Å²) >= 11 is 0. The minimum absolute atomic E-state index is 0.0371. The molecule has 2 saturated heterocycles. The van der Waals surface area contributed by atoms with Crippen molar-refractivity contribution in [2.45, 2.75) is 31.8 Å². The molecule has 1 aromatic carbocycles. The molecule has 2 aliphatic heterocycles. The third-order valence-corrected chi connectivity index (χ3v) is 5.26. The first kappa shape index (κ1) is 16.2. The summed E-state index contributed by atoms with van der Waals surface area (Å²) in [5, 5.41) is 0. The summed E-state index contributed by atoms with van der Waals surface area (Å²) in [6, 6.07) is 15.0. The third-order valence-electron chi connectivity index (χ3n) is 5.26. The number of aromatic nitrogens is 1. The second-order valence-electron chi connectivity index (χ2n) is 6.97. The van der Waals surface area contributed by atoms with Gasteiger partial charge < -0.3 is 19.5 Å². The predicted molar refractivity (Wildman–Crippen MR) is 100 cm³/mol. The highest BCUT2D eigenvalue weighted by Gasteiger charge is 2.28. The number of hydrogen-bond donors (Lipinski definition) is 1. The van der Waals surface area contributed by atoms with Crippen molar-refractivity contribution in [1.29, 1.82) is 0 Å². The number of benzene rings is 1. The van der Waals surface area contributed by atoms with Gasteiger partial charge in [-0.15, -0.1) is 0 Å². The van der Waals surface area contributed by atoms with Crippen molar-refractivity contribution in [3.8, 4) is 0 Å². The largest absolute Gasteiger partial charge is 0.377 e. The van der Waals surface area contributed by atoms with Crippen molar-refractivity contribution in [1.82, 2.24) is 4.98 Å². The SMILES string of the molecule is C[C@@H]1COCCN1c1cc(N2CCC[C@@H]2c2ccccc2)[nH]c(=O)c1. The Balaban J connectivity index is 1.67. The Morgan fingerprint density at radius 2 is 1.96 bits per heavy atom. The van der Waals surface area contributed by atoms with Gasteiger partial charge in [0.05, 0.1) is 19.3 Å². The van der Waals surface area contributed by atoms with Gasteiger partial charge in [-0.25, -0.2) is 0 Å². The molecule has 2 atom stereocenters. The lowest BCUT2D eigenvalue weighted by atomic mass is 10.0. The molecule has 0 radical (unpaired) electrons. The molecule has 5 heteroatoms. The fourth-order valence-electron chi connectivity index (χ4n) is 4.02. The van der Waals surface area contributed by atoms with Crippen LogP contribution in [0.1, 0.15) is 31.4 Å². The Hall–Kier alpha value is -2.27. The van der Waals surface area contributed by atoms with Crippen LogP contribution in [-0.2, 0) is 4.74 Å². The van der Waals surface area contributed by atoms with Crippen LogP contribution < -0.4 is 15.4 Å². The molecule has 3 heterocycles. The standard InChI is InChI=1S/C20H25N3O2/c1-15-14-25-11-10-22(15)17-12-19(21-20(24)13-17)23-9-5-8-18(23)16-6-3-2-4-7-16/h2-4,6-7,12-13,15,18H,5,8-11,14H2,1H3,(H,21,24)/t15-,18-/m1/s1. The van der Waals surface area contributed by atoms with Crippen molar-refractivity contribution in [2.24, 2.45) is 0 Å². The monoisotopic (exact) mass is 339 g/mol. The molecule has 0 aliphatic carbocycles. The van der Waals surface area contributed by atoms with Crippen molar-refractivity contribution in [3.05, 3.63) is 58.4 Å². The van der Waals surface area contributed by atoms with Crippen molar-refractivity contribution >= 4 is 11.5 Å². The van der Waals surface area contributed by atoms with Gasteiger partial charge in [0.1, 0.15) is 5.82 Å². The number of rotatable bonds is 3. The Morgan fingerprint density at radius 3 is 2.76 bits per heavy atom. The highest BCUT2D eigenvalue weighted by Crippen LogP contribution is 2.36. The number of morpholine rings is 1. The van der Waals surface area contributed by atoms with Crippen LogP contribution in [0.25, 0.3) is 0 Å². The Kier molecular flexibility index (Phi) is 4.49. The van der Waals surface area contributed by atoms with Crippen LogP contribution in [0.5, 0.6) is 0 Å². The smallest absolute Gasteiger partial charge is 0.251 e. The van der Waals surface area contributed by atoms with E-state index < -0.39 is 0 Å². The van der Waals surface area contributed by atoms with E-state index in [0.717, 1.165) is 37.4 Å². The predicted octanol–water partition coefficient (Wildman–Crippen LogP) is 2.94. The van der Waals surface area contributed by atoms with Gasteiger partial charge in [0, 0.05) is 37.0 Å². The van der Waals surface area contributed by atoms with E-state index in [1.807, 2.05) is 6.07 Å². The van der Waals surface area contributed by atoms with E-state index in [1.165, 1.54) is 5.56 Å². The molecule has 0 unspecified atom stereocenters. The van der Waals surface area contributed by atoms with Gasteiger partial charge in [-0.05, 0) is 25.3 Å². The maximum Gasteiger partial charge on any atom is 0.251 e. The quantitative estimate of drug-likeness (QED) is 0.934. The number of aromatic amines is 1. The van der Waals surface area contributed by atoms with Gasteiger partial charge in [-0.2, -0.15) is 0 Å². The molecule has 1 N–H and O–H groups in total. The second-order valence-corrected chi connectivity index (χ2v) is 6.97. The zero-order valence-corrected chi connectivity index (χ0v) is 14.6.